The molecule has 0 N–H and O–H groups in total. The third-order valence-electron chi connectivity index (χ3n) is 5.17. The largest absolute Gasteiger partial charge is 0.331 e. The fraction of sp³-hybridized carbons (Fsp3) is 0.190. The topological polar surface area (TPSA) is 55.4 Å². The minimum Gasteiger partial charge on any atom is -0.331 e. The van der Waals surface area contributed by atoms with Crippen LogP contribution in [0.3, 0.4) is 0 Å². The summed E-state index contributed by atoms with van der Waals surface area (Å²) in [5.74, 6) is -0.00809. The predicted octanol–water partition coefficient (Wildman–Crippen LogP) is 2.93. The van der Waals surface area contributed by atoms with Gasteiger partial charge in [-0.3, -0.25) is 13.9 Å². The number of hydrogen-bond donors (Lipinski definition) is 0. The van der Waals surface area contributed by atoms with E-state index in [4.69, 9.17) is 5.10 Å². The fourth-order valence-electron chi connectivity index (χ4n) is 3.90. The second-order valence-electron chi connectivity index (χ2n) is 6.81. The first kappa shape index (κ1) is 15.8. The maximum atomic E-state index is 13.1. The molecular formula is C21H19N5O. The first-order valence-electron chi connectivity index (χ1n) is 9.04. The zero-order chi connectivity index (χ0) is 18.4. The minimum absolute atomic E-state index is 0.00809. The van der Waals surface area contributed by atoms with Crippen molar-refractivity contribution in [2.24, 2.45) is 7.05 Å². The lowest BCUT2D eigenvalue weighted by Crippen LogP contribution is -2.36. The zero-order valence-corrected chi connectivity index (χ0v) is 15.0. The summed E-state index contributed by atoms with van der Waals surface area (Å²) in [5, 5.41) is 4.70. The van der Waals surface area contributed by atoms with Crippen LogP contribution in [-0.2, 0) is 20.0 Å². The Morgan fingerprint density at radius 1 is 1.07 bits per heavy atom. The smallest absolute Gasteiger partial charge is 0.272 e. The number of aryl methyl sites for hydroxylation is 1. The molecule has 134 valence electrons. The summed E-state index contributed by atoms with van der Waals surface area (Å²) >= 11 is 0. The first-order valence-corrected chi connectivity index (χ1v) is 9.04. The molecule has 5 rings (SSSR count). The third kappa shape index (κ3) is 2.52. The molecule has 4 aromatic rings. The van der Waals surface area contributed by atoms with Crippen molar-refractivity contribution in [3.63, 3.8) is 0 Å². The highest BCUT2D eigenvalue weighted by atomic mass is 16.2. The van der Waals surface area contributed by atoms with Crippen molar-refractivity contribution >= 4 is 11.6 Å². The van der Waals surface area contributed by atoms with Crippen LogP contribution >= 0.6 is 0 Å². The van der Waals surface area contributed by atoms with Gasteiger partial charge < -0.3 is 4.90 Å². The van der Waals surface area contributed by atoms with Crippen LogP contribution < -0.4 is 0 Å². The molecule has 27 heavy (non-hydrogen) atoms. The standard InChI is InChI=1S/C21H19N5O/c1-24-20(15-7-3-2-4-8-15)16-10-12-25(14-17(16)23-24)21(27)18-13-22-19-9-5-6-11-26(18)19/h2-9,11,13H,10,12,14H2,1H3. The molecule has 0 fully saturated rings. The lowest BCUT2D eigenvalue weighted by Gasteiger charge is -2.26. The van der Waals surface area contributed by atoms with Crippen LogP contribution in [0.15, 0.2) is 60.9 Å². The lowest BCUT2D eigenvalue weighted by molar-refractivity contribution is 0.0725. The van der Waals surface area contributed by atoms with E-state index < -0.39 is 0 Å². The van der Waals surface area contributed by atoms with E-state index in [9.17, 15) is 4.79 Å². The Kier molecular flexibility index (Phi) is 3.57. The van der Waals surface area contributed by atoms with Crippen LogP contribution in [0.2, 0.25) is 0 Å². The molecule has 0 atom stereocenters. The Labute approximate surface area is 156 Å². The number of hydrogen-bond acceptors (Lipinski definition) is 3. The van der Waals surface area contributed by atoms with Gasteiger partial charge in [-0.1, -0.05) is 36.4 Å². The number of imidazole rings is 1. The van der Waals surface area contributed by atoms with E-state index in [-0.39, 0.29) is 5.91 Å². The summed E-state index contributed by atoms with van der Waals surface area (Å²) in [6.45, 7) is 1.20. The minimum atomic E-state index is -0.00809. The number of aromatic nitrogens is 4. The Balaban J connectivity index is 1.48. The summed E-state index contributed by atoms with van der Waals surface area (Å²) in [6, 6.07) is 16.0. The fourth-order valence-corrected chi connectivity index (χ4v) is 3.90. The molecule has 3 aromatic heterocycles. The normalized spacial score (nSPS) is 13.7. The van der Waals surface area contributed by atoms with Gasteiger partial charge in [0.25, 0.3) is 5.91 Å². The average Bonchev–Trinajstić information content (AvgIpc) is 3.27. The van der Waals surface area contributed by atoms with Gasteiger partial charge in [0.1, 0.15) is 11.3 Å². The van der Waals surface area contributed by atoms with E-state index in [1.54, 1.807) is 6.20 Å². The molecule has 0 aliphatic carbocycles. The summed E-state index contributed by atoms with van der Waals surface area (Å²) < 4.78 is 3.77. The molecule has 1 aliphatic heterocycles. The second kappa shape index (κ2) is 6.09. The van der Waals surface area contributed by atoms with Crippen molar-refractivity contribution < 1.29 is 4.79 Å². The number of carbonyl (C=O) groups is 1. The first-order chi connectivity index (χ1) is 13.2. The maximum Gasteiger partial charge on any atom is 0.272 e. The molecule has 1 amide bonds. The van der Waals surface area contributed by atoms with Crippen molar-refractivity contribution in [3.05, 3.63) is 77.9 Å². The molecule has 1 aliphatic rings. The van der Waals surface area contributed by atoms with Gasteiger partial charge in [-0.05, 0) is 18.6 Å². The van der Waals surface area contributed by atoms with Crippen molar-refractivity contribution in [1.29, 1.82) is 0 Å². The Bertz CT molecular complexity index is 1140. The second-order valence-corrected chi connectivity index (χ2v) is 6.81. The van der Waals surface area contributed by atoms with Gasteiger partial charge >= 0.3 is 0 Å². The molecule has 6 nitrogen and oxygen atoms in total. The number of nitrogens with zero attached hydrogens (tertiary/aromatic N) is 5. The highest BCUT2D eigenvalue weighted by molar-refractivity contribution is 5.93. The van der Waals surface area contributed by atoms with Gasteiger partial charge in [0.2, 0.25) is 0 Å². The van der Waals surface area contributed by atoms with Crippen LogP contribution in [0.25, 0.3) is 16.9 Å². The number of amides is 1. The molecule has 4 heterocycles. The molecule has 0 spiro atoms. The van der Waals surface area contributed by atoms with Crippen molar-refractivity contribution in [2.45, 2.75) is 13.0 Å². The quantitative estimate of drug-likeness (QED) is 0.554. The van der Waals surface area contributed by atoms with Gasteiger partial charge in [-0.15, -0.1) is 0 Å². The number of fused-ring (bicyclic) bond motifs is 2. The summed E-state index contributed by atoms with van der Waals surface area (Å²) in [6.07, 6.45) is 4.33. The van der Waals surface area contributed by atoms with E-state index in [1.807, 2.05) is 63.6 Å². The van der Waals surface area contributed by atoms with Crippen LogP contribution in [0.5, 0.6) is 0 Å². The van der Waals surface area contributed by atoms with Crippen LogP contribution in [-0.4, -0.2) is 36.5 Å². The van der Waals surface area contributed by atoms with Crippen LogP contribution in [0.4, 0.5) is 0 Å². The summed E-state index contributed by atoms with van der Waals surface area (Å²) in [5.41, 5.74) is 5.90. The molecule has 0 bridgehead atoms. The van der Waals surface area contributed by atoms with Crippen molar-refractivity contribution in [3.8, 4) is 11.3 Å². The van der Waals surface area contributed by atoms with E-state index >= 15 is 0 Å². The van der Waals surface area contributed by atoms with Gasteiger partial charge in [-0.25, -0.2) is 4.98 Å². The molecule has 0 unspecified atom stereocenters. The number of pyridine rings is 1. The average molecular weight is 357 g/mol. The highest BCUT2D eigenvalue weighted by Gasteiger charge is 2.28. The number of rotatable bonds is 2. The molecule has 0 saturated carbocycles. The predicted molar refractivity (Wildman–Crippen MR) is 102 cm³/mol. The van der Waals surface area contributed by atoms with Crippen molar-refractivity contribution in [2.75, 3.05) is 6.54 Å². The van der Waals surface area contributed by atoms with Gasteiger partial charge in [0.15, 0.2) is 0 Å². The molecule has 0 radical (unpaired) electrons. The Morgan fingerprint density at radius 3 is 2.74 bits per heavy atom. The van der Waals surface area contributed by atoms with E-state index in [1.165, 1.54) is 5.56 Å². The Morgan fingerprint density at radius 2 is 1.89 bits per heavy atom. The zero-order valence-electron chi connectivity index (χ0n) is 15.0. The lowest BCUT2D eigenvalue weighted by atomic mass is 9.99. The summed E-state index contributed by atoms with van der Waals surface area (Å²) in [7, 11) is 1.97. The summed E-state index contributed by atoms with van der Waals surface area (Å²) in [4.78, 5) is 19.3. The van der Waals surface area contributed by atoms with Gasteiger partial charge in [0.05, 0.1) is 24.1 Å². The monoisotopic (exact) mass is 357 g/mol. The number of carbonyl (C=O) groups excluding carboxylic acids is 1. The van der Waals surface area contributed by atoms with Crippen LogP contribution in [0, 0.1) is 0 Å². The van der Waals surface area contributed by atoms with E-state index in [2.05, 4.69) is 17.1 Å². The molecule has 6 heteroatoms. The third-order valence-corrected chi connectivity index (χ3v) is 5.17. The highest BCUT2D eigenvalue weighted by Crippen LogP contribution is 2.30. The van der Waals surface area contributed by atoms with E-state index in [0.29, 0.717) is 18.8 Å². The SMILES string of the molecule is Cn1nc2c(c1-c1ccccc1)CCN(C(=O)c1cnc3ccccn13)C2. The number of benzene rings is 1. The molecular weight excluding hydrogens is 338 g/mol. The van der Waals surface area contributed by atoms with E-state index in [0.717, 1.165) is 29.0 Å². The molecule has 1 aromatic carbocycles. The maximum absolute atomic E-state index is 13.1. The van der Waals surface area contributed by atoms with Gasteiger partial charge in [-0.2, -0.15) is 5.10 Å². The Hall–Kier alpha value is -3.41. The van der Waals surface area contributed by atoms with Crippen LogP contribution in [0.1, 0.15) is 21.7 Å². The van der Waals surface area contributed by atoms with Crippen molar-refractivity contribution in [1.82, 2.24) is 24.1 Å². The van der Waals surface area contributed by atoms with Gasteiger partial charge in [0, 0.05) is 30.9 Å². The molecule has 0 saturated heterocycles.